The van der Waals surface area contributed by atoms with Gasteiger partial charge in [-0.15, -0.1) is 11.3 Å². The monoisotopic (exact) mass is 435 g/mol. The molecule has 4 heterocycles. The van der Waals surface area contributed by atoms with E-state index in [0.717, 1.165) is 5.69 Å². The van der Waals surface area contributed by atoms with Gasteiger partial charge in [0.05, 0.1) is 15.2 Å². The average molecular weight is 435 g/mol. The van der Waals surface area contributed by atoms with Crippen molar-refractivity contribution in [2.45, 2.75) is 0 Å². The van der Waals surface area contributed by atoms with Crippen molar-refractivity contribution in [3.05, 3.63) is 80.1 Å². The molecule has 0 unspecified atom stereocenters. The van der Waals surface area contributed by atoms with Gasteiger partial charge < -0.3 is 9.80 Å². The maximum absolute atomic E-state index is 13.0. The van der Waals surface area contributed by atoms with Gasteiger partial charge in [-0.05, 0) is 30.3 Å². The second-order valence-electron chi connectivity index (χ2n) is 7.23. The zero-order valence-corrected chi connectivity index (χ0v) is 17.1. The number of aromatic nitrogens is 2. The number of hydrogen-bond donors (Lipinski definition) is 0. The zero-order valence-electron chi connectivity index (χ0n) is 16.3. The fourth-order valence-corrected chi connectivity index (χ4v) is 4.76. The molecular formula is C21H17N5O4S. The van der Waals surface area contributed by atoms with Crippen LogP contribution in [0.15, 0.2) is 59.5 Å². The number of carbonyl (C=O) groups is 1. The van der Waals surface area contributed by atoms with Gasteiger partial charge in [-0.2, -0.15) is 0 Å². The van der Waals surface area contributed by atoms with Crippen molar-refractivity contribution < 1.29 is 9.72 Å². The molecule has 0 spiro atoms. The summed E-state index contributed by atoms with van der Waals surface area (Å²) >= 11 is 1.24. The van der Waals surface area contributed by atoms with Crippen molar-refractivity contribution in [1.82, 2.24) is 14.3 Å². The first-order valence-corrected chi connectivity index (χ1v) is 10.5. The van der Waals surface area contributed by atoms with Crippen LogP contribution < -0.4 is 10.5 Å². The highest BCUT2D eigenvalue weighted by molar-refractivity contribution is 7.20. The standard InChI is InChI=1S/C21H17N5O4S/c27-20-16-13-17(31-19(16)22-18-3-1-2-8-25(18)20)21(28)24-11-9-23(10-12-24)14-4-6-15(7-5-14)26(29)30/h1-8,13H,9-12H2. The summed E-state index contributed by atoms with van der Waals surface area (Å²) in [4.78, 5) is 45.6. The molecule has 0 bridgehead atoms. The lowest BCUT2D eigenvalue weighted by atomic mass is 10.2. The summed E-state index contributed by atoms with van der Waals surface area (Å²) in [5.74, 6) is -0.111. The number of carbonyl (C=O) groups excluding carboxylic acids is 1. The van der Waals surface area contributed by atoms with E-state index in [9.17, 15) is 19.7 Å². The first-order chi connectivity index (χ1) is 15.0. The highest BCUT2D eigenvalue weighted by Crippen LogP contribution is 2.25. The third-order valence-electron chi connectivity index (χ3n) is 5.42. The highest BCUT2D eigenvalue weighted by atomic mass is 32.1. The Morgan fingerprint density at radius 2 is 1.81 bits per heavy atom. The van der Waals surface area contributed by atoms with Crippen molar-refractivity contribution in [3.8, 4) is 0 Å². The Balaban J connectivity index is 1.34. The Morgan fingerprint density at radius 1 is 1.06 bits per heavy atom. The Labute approximate surface area is 179 Å². The van der Waals surface area contributed by atoms with Crippen LogP contribution in [0.2, 0.25) is 0 Å². The fourth-order valence-electron chi connectivity index (χ4n) is 3.76. The summed E-state index contributed by atoms with van der Waals surface area (Å²) in [5, 5.41) is 11.3. The maximum Gasteiger partial charge on any atom is 0.269 e. The minimum atomic E-state index is -0.422. The lowest BCUT2D eigenvalue weighted by Gasteiger charge is -2.35. The summed E-state index contributed by atoms with van der Waals surface area (Å²) in [6, 6.07) is 13.4. The molecule has 10 heteroatoms. The van der Waals surface area contributed by atoms with E-state index in [4.69, 9.17) is 0 Å². The minimum Gasteiger partial charge on any atom is -0.368 e. The minimum absolute atomic E-state index is 0.0551. The zero-order chi connectivity index (χ0) is 21.5. The number of nitrogens with zero attached hydrogens (tertiary/aromatic N) is 5. The molecule has 0 radical (unpaired) electrons. The summed E-state index contributed by atoms with van der Waals surface area (Å²) in [5.41, 5.74) is 1.32. The number of nitro benzene ring substituents is 1. The van der Waals surface area contributed by atoms with Gasteiger partial charge in [0, 0.05) is 50.2 Å². The molecule has 5 rings (SSSR count). The molecule has 0 aliphatic carbocycles. The summed E-state index contributed by atoms with van der Waals surface area (Å²) in [6.07, 6.45) is 1.67. The van der Waals surface area contributed by atoms with Gasteiger partial charge in [-0.25, -0.2) is 4.98 Å². The summed E-state index contributed by atoms with van der Waals surface area (Å²) in [7, 11) is 0. The van der Waals surface area contributed by atoms with Crippen molar-refractivity contribution in [2.75, 3.05) is 31.1 Å². The molecule has 4 aromatic rings. The molecule has 1 saturated heterocycles. The number of rotatable bonds is 3. The van der Waals surface area contributed by atoms with E-state index < -0.39 is 4.92 Å². The van der Waals surface area contributed by atoms with Crippen LogP contribution in [0.5, 0.6) is 0 Å². The number of nitro groups is 1. The largest absolute Gasteiger partial charge is 0.368 e. The average Bonchev–Trinajstić information content (AvgIpc) is 3.23. The Bertz CT molecular complexity index is 1370. The Hall–Kier alpha value is -3.79. The topological polar surface area (TPSA) is 101 Å². The fraction of sp³-hybridized carbons (Fsp3) is 0.190. The highest BCUT2D eigenvalue weighted by Gasteiger charge is 2.25. The van der Waals surface area contributed by atoms with Crippen LogP contribution in [0, 0.1) is 10.1 Å². The van der Waals surface area contributed by atoms with E-state index in [1.165, 1.54) is 27.9 Å². The Kier molecular flexibility index (Phi) is 4.63. The molecule has 1 aromatic carbocycles. The lowest BCUT2D eigenvalue weighted by Crippen LogP contribution is -2.48. The van der Waals surface area contributed by atoms with E-state index in [1.54, 1.807) is 41.4 Å². The van der Waals surface area contributed by atoms with Gasteiger partial charge >= 0.3 is 0 Å². The van der Waals surface area contributed by atoms with Crippen LogP contribution in [0.3, 0.4) is 0 Å². The molecular weight excluding hydrogens is 418 g/mol. The van der Waals surface area contributed by atoms with Gasteiger partial charge in [0.2, 0.25) is 0 Å². The number of anilines is 1. The van der Waals surface area contributed by atoms with E-state index in [2.05, 4.69) is 9.88 Å². The van der Waals surface area contributed by atoms with Crippen LogP contribution in [-0.2, 0) is 0 Å². The molecule has 0 saturated carbocycles. The van der Waals surface area contributed by atoms with Gasteiger partial charge in [0.1, 0.15) is 10.5 Å². The number of amides is 1. The molecule has 1 aliphatic heterocycles. The van der Waals surface area contributed by atoms with Gasteiger partial charge in [-0.1, -0.05) is 6.07 Å². The van der Waals surface area contributed by atoms with Crippen LogP contribution in [0.4, 0.5) is 11.4 Å². The second kappa shape index (κ2) is 7.47. The van der Waals surface area contributed by atoms with Crippen LogP contribution >= 0.6 is 11.3 Å². The van der Waals surface area contributed by atoms with Crippen molar-refractivity contribution in [1.29, 1.82) is 0 Å². The van der Waals surface area contributed by atoms with Gasteiger partial charge in [0.25, 0.3) is 17.2 Å². The molecule has 31 heavy (non-hydrogen) atoms. The predicted octanol–water partition coefficient (Wildman–Crippen LogP) is 2.78. The number of thiophene rings is 1. The number of non-ortho nitro benzene ring substituents is 1. The maximum atomic E-state index is 13.0. The van der Waals surface area contributed by atoms with E-state index >= 15 is 0 Å². The number of hydrogen-bond acceptors (Lipinski definition) is 7. The SMILES string of the molecule is O=C(c1cc2c(=O)n3ccccc3nc2s1)N1CCN(c2ccc([N+](=O)[O-])cc2)CC1. The van der Waals surface area contributed by atoms with Crippen LogP contribution in [0.1, 0.15) is 9.67 Å². The number of pyridine rings is 1. The first kappa shape index (κ1) is 19.2. The number of piperazine rings is 1. The number of fused-ring (bicyclic) bond motifs is 2. The smallest absolute Gasteiger partial charge is 0.269 e. The van der Waals surface area contributed by atoms with Crippen molar-refractivity contribution in [3.63, 3.8) is 0 Å². The van der Waals surface area contributed by atoms with E-state index in [0.29, 0.717) is 46.9 Å². The predicted molar refractivity (Wildman–Crippen MR) is 118 cm³/mol. The molecule has 1 fully saturated rings. The molecule has 3 aromatic heterocycles. The molecule has 0 N–H and O–H groups in total. The normalized spacial score (nSPS) is 14.3. The van der Waals surface area contributed by atoms with Crippen LogP contribution in [0.25, 0.3) is 15.9 Å². The van der Waals surface area contributed by atoms with E-state index in [-0.39, 0.29) is 17.2 Å². The molecule has 9 nitrogen and oxygen atoms in total. The van der Waals surface area contributed by atoms with E-state index in [1.807, 2.05) is 6.07 Å². The molecule has 1 amide bonds. The molecule has 156 valence electrons. The van der Waals surface area contributed by atoms with Gasteiger partial charge in [-0.3, -0.25) is 24.1 Å². The lowest BCUT2D eigenvalue weighted by molar-refractivity contribution is -0.384. The molecule has 0 atom stereocenters. The first-order valence-electron chi connectivity index (χ1n) is 9.71. The third kappa shape index (κ3) is 3.40. The Morgan fingerprint density at radius 3 is 2.52 bits per heavy atom. The molecule has 1 aliphatic rings. The van der Waals surface area contributed by atoms with Crippen LogP contribution in [-0.4, -0.2) is 51.3 Å². The van der Waals surface area contributed by atoms with Gasteiger partial charge in [0.15, 0.2) is 0 Å². The third-order valence-corrected chi connectivity index (χ3v) is 6.44. The quantitative estimate of drug-likeness (QED) is 0.362. The van der Waals surface area contributed by atoms with Crippen molar-refractivity contribution >= 4 is 44.5 Å². The number of benzene rings is 1. The summed E-state index contributed by atoms with van der Waals surface area (Å²) < 4.78 is 1.48. The second-order valence-corrected chi connectivity index (χ2v) is 8.26. The van der Waals surface area contributed by atoms with Crippen molar-refractivity contribution in [2.24, 2.45) is 0 Å². The summed E-state index contributed by atoms with van der Waals surface area (Å²) in [6.45, 7) is 2.30.